The Morgan fingerprint density at radius 2 is 2.13 bits per heavy atom. The molecule has 0 amide bonds. The maximum atomic E-state index is 11.8. The van der Waals surface area contributed by atoms with Gasteiger partial charge in [-0.25, -0.2) is 0 Å². The standard InChI is InChI=1S/C10H15O4P/c1-4-14-15(11,12)10-7-5-6-9(13-3)8(10)2/h5-7H,4H2,1-3H3,(H,11,12). The number of benzene rings is 1. The van der Waals surface area contributed by atoms with Crippen molar-refractivity contribution in [3.8, 4) is 5.75 Å². The van der Waals surface area contributed by atoms with Gasteiger partial charge in [-0.2, -0.15) is 0 Å². The first-order valence-electron chi connectivity index (χ1n) is 4.64. The maximum absolute atomic E-state index is 11.8. The lowest BCUT2D eigenvalue weighted by Crippen LogP contribution is -2.11. The second-order valence-corrected chi connectivity index (χ2v) is 4.82. The van der Waals surface area contributed by atoms with Crippen LogP contribution in [0.2, 0.25) is 0 Å². The molecule has 0 fully saturated rings. The Morgan fingerprint density at radius 3 is 2.67 bits per heavy atom. The first-order chi connectivity index (χ1) is 7.03. The second kappa shape index (κ2) is 4.79. The van der Waals surface area contributed by atoms with E-state index in [1.807, 2.05) is 0 Å². The third kappa shape index (κ3) is 2.59. The molecule has 0 bridgehead atoms. The van der Waals surface area contributed by atoms with Crippen LogP contribution in [0.1, 0.15) is 12.5 Å². The van der Waals surface area contributed by atoms with E-state index >= 15 is 0 Å². The summed E-state index contributed by atoms with van der Waals surface area (Å²) >= 11 is 0. The van der Waals surface area contributed by atoms with Gasteiger partial charge < -0.3 is 14.2 Å². The largest absolute Gasteiger partial charge is 0.496 e. The normalized spacial score (nSPS) is 14.7. The van der Waals surface area contributed by atoms with Crippen LogP contribution in [0.5, 0.6) is 5.75 Å². The fourth-order valence-corrected chi connectivity index (χ4v) is 2.67. The average Bonchev–Trinajstić information content (AvgIpc) is 2.17. The zero-order valence-corrected chi connectivity index (χ0v) is 9.95. The third-order valence-electron chi connectivity index (χ3n) is 2.08. The van der Waals surface area contributed by atoms with Crippen LogP contribution in [0.15, 0.2) is 18.2 Å². The molecule has 1 aromatic rings. The third-order valence-corrected chi connectivity index (χ3v) is 3.79. The summed E-state index contributed by atoms with van der Waals surface area (Å²) < 4.78 is 21.7. The van der Waals surface area contributed by atoms with E-state index in [4.69, 9.17) is 9.26 Å². The molecule has 0 spiro atoms. The minimum absolute atomic E-state index is 0.199. The van der Waals surface area contributed by atoms with Crippen LogP contribution in [0.3, 0.4) is 0 Å². The Balaban J connectivity index is 3.20. The SMILES string of the molecule is CCOP(=O)(O)c1cccc(OC)c1C. The Hall–Kier alpha value is -0.830. The van der Waals surface area contributed by atoms with Gasteiger partial charge >= 0.3 is 7.60 Å². The molecule has 0 aliphatic heterocycles. The molecular weight excluding hydrogens is 215 g/mol. The lowest BCUT2D eigenvalue weighted by Gasteiger charge is -2.15. The molecule has 1 unspecified atom stereocenters. The van der Waals surface area contributed by atoms with E-state index in [1.54, 1.807) is 32.0 Å². The molecule has 0 saturated carbocycles. The predicted molar refractivity (Wildman–Crippen MR) is 58.8 cm³/mol. The van der Waals surface area contributed by atoms with E-state index in [-0.39, 0.29) is 6.61 Å². The molecule has 0 aliphatic carbocycles. The van der Waals surface area contributed by atoms with Gasteiger partial charge in [0.25, 0.3) is 0 Å². The van der Waals surface area contributed by atoms with Crippen molar-refractivity contribution in [2.75, 3.05) is 13.7 Å². The molecule has 0 aromatic heterocycles. The minimum atomic E-state index is -3.70. The Morgan fingerprint density at radius 1 is 1.47 bits per heavy atom. The highest BCUT2D eigenvalue weighted by Gasteiger charge is 2.25. The molecule has 5 heteroatoms. The maximum Gasteiger partial charge on any atom is 0.359 e. The van der Waals surface area contributed by atoms with E-state index in [9.17, 15) is 9.46 Å². The van der Waals surface area contributed by atoms with E-state index in [0.717, 1.165) is 0 Å². The van der Waals surface area contributed by atoms with Gasteiger partial charge in [0.1, 0.15) is 5.75 Å². The summed E-state index contributed by atoms with van der Waals surface area (Å²) in [6.45, 7) is 3.61. The summed E-state index contributed by atoms with van der Waals surface area (Å²) in [7, 11) is -2.18. The molecule has 1 atom stereocenters. The van der Waals surface area contributed by atoms with Crippen LogP contribution in [0.25, 0.3) is 0 Å². The summed E-state index contributed by atoms with van der Waals surface area (Å²) in [5.41, 5.74) is 0.638. The molecule has 0 heterocycles. The zero-order valence-electron chi connectivity index (χ0n) is 9.06. The van der Waals surface area contributed by atoms with Gasteiger partial charge in [-0.15, -0.1) is 0 Å². The molecular formula is C10H15O4P. The Bertz CT molecular complexity index is 389. The van der Waals surface area contributed by atoms with Gasteiger partial charge in [0.2, 0.25) is 0 Å². The van der Waals surface area contributed by atoms with E-state index in [2.05, 4.69) is 0 Å². The van der Waals surface area contributed by atoms with Crippen molar-refractivity contribution in [1.29, 1.82) is 0 Å². The number of methoxy groups -OCH3 is 1. The number of hydrogen-bond donors (Lipinski definition) is 1. The van der Waals surface area contributed by atoms with Crippen LogP contribution >= 0.6 is 7.60 Å². The first-order valence-corrected chi connectivity index (χ1v) is 6.22. The van der Waals surface area contributed by atoms with Gasteiger partial charge in [-0.05, 0) is 26.0 Å². The molecule has 84 valence electrons. The highest BCUT2D eigenvalue weighted by molar-refractivity contribution is 7.61. The van der Waals surface area contributed by atoms with Crippen LogP contribution in [0.4, 0.5) is 0 Å². The smallest absolute Gasteiger partial charge is 0.359 e. The molecule has 1 N–H and O–H groups in total. The number of rotatable bonds is 4. The van der Waals surface area contributed by atoms with Gasteiger partial charge in [0, 0.05) is 5.56 Å². The fraction of sp³-hybridized carbons (Fsp3) is 0.400. The monoisotopic (exact) mass is 230 g/mol. The van der Waals surface area contributed by atoms with Crippen molar-refractivity contribution in [3.05, 3.63) is 23.8 Å². The summed E-state index contributed by atoms with van der Waals surface area (Å²) in [4.78, 5) is 9.66. The molecule has 1 rings (SSSR count). The summed E-state index contributed by atoms with van der Waals surface area (Å²) in [6, 6.07) is 4.99. The fourth-order valence-electron chi connectivity index (χ4n) is 1.37. The van der Waals surface area contributed by atoms with Crippen molar-refractivity contribution in [3.63, 3.8) is 0 Å². The molecule has 1 aromatic carbocycles. The number of ether oxygens (including phenoxy) is 1. The quantitative estimate of drug-likeness (QED) is 0.802. The molecule has 15 heavy (non-hydrogen) atoms. The summed E-state index contributed by atoms with van der Waals surface area (Å²) in [6.07, 6.45) is 0. The van der Waals surface area contributed by atoms with Crippen molar-refractivity contribution < 1.29 is 18.7 Å². The summed E-state index contributed by atoms with van der Waals surface area (Å²) in [5.74, 6) is 0.585. The van der Waals surface area contributed by atoms with Gasteiger partial charge in [0.05, 0.1) is 19.0 Å². The molecule has 4 nitrogen and oxygen atoms in total. The Kier molecular flexibility index (Phi) is 3.91. The van der Waals surface area contributed by atoms with E-state index in [0.29, 0.717) is 16.6 Å². The first kappa shape index (κ1) is 12.2. The minimum Gasteiger partial charge on any atom is -0.496 e. The Labute approximate surface area is 89.4 Å². The lowest BCUT2D eigenvalue weighted by molar-refractivity contribution is 0.284. The highest BCUT2D eigenvalue weighted by atomic mass is 31.2. The van der Waals surface area contributed by atoms with Gasteiger partial charge in [0.15, 0.2) is 0 Å². The van der Waals surface area contributed by atoms with Crippen molar-refractivity contribution in [2.24, 2.45) is 0 Å². The van der Waals surface area contributed by atoms with Gasteiger partial charge in [-0.1, -0.05) is 6.07 Å². The second-order valence-electron chi connectivity index (χ2n) is 3.04. The average molecular weight is 230 g/mol. The van der Waals surface area contributed by atoms with Crippen molar-refractivity contribution in [1.82, 2.24) is 0 Å². The highest BCUT2D eigenvalue weighted by Crippen LogP contribution is 2.42. The molecule has 0 aliphatic rings. The van der Waals surface area contributed by atoms with Crippen molar-refractivity contribution >= 4 is 12.9 Å². The topological polar surface area (TPSA) is 55.8 Å². The van der Waals surface area contributed by atoms with Crippen LogP contribution in [-0.4, -0.2) is 18.6 Å². The lowest BCUT2D eigenvalue weighted by atomic mass is 10.2. The van der Waals surface area contributed by atoms with Crippen LogP contribution in [-0.2, 0) is 9.09 Å². The van der Waals surface area contributed by atoms with E-state index in [1.165, 1.54) is 7.11 Å². The molecule has 0 saturated heterocycles. The van der Waals surface area contributed by atoms with Gasteiger partial charge in [-0.3, -0.25) is 4.57 Å². The van der Waals surface area contributed by atoms with E-state index < -0.39 is 7.60 Å². The predicted octanol–water partition coefficient (Wildman–Crippen LogP) is 1.85. The zero-order chi connectivity index (χ0) is 11.5. The summed E-state index contributed by atoms with van der Waals surface area (Å²) in [5, 5.41) is 0.295. The van der Waals surface area contributed by atoms with Crippen molar-refractivity contribution in [2.45, 2.75) is 13.8 Å². The number of hydrogen-bond acceptors (Lipinski definition) is 3. The van der Waals surface area contributed by atoms with Crippen LogP contribution in [0, 0.1) is 6.92 Å². The van der Waals surface area contributed by atoms with Crippen LogP contribution < -0.4 is 10.0 Å². The molecule has 0 radical (unpaired) electrons.